The first-order valence-corrected chi connectivity index (χ1v) is 12.4. The van der Waals surface area contributed by atoms with Crippen LogP contribution in [0.5, 0.6) is 0 Å². The van der Waals surface area contributed by atoms with E-state index in [2.05, 4.69) is 21.6 Å². The second-order valence-corrected chi connectivity index (χ2v) is 9.95. The number of nitrogens with zero attached hydrogens (tertiary/aromatic N) is 1. The molecule has 0 bridgehead atoms. The molecule has 0 aromatic heterocycles. The number of aliphatic hydroxyl groups is 1. The number of likely N-dealkylation sites (tertiary alicyclic amines) is 1. The summed E-state index contributed by atoms with van der Waals surface area (Å²) in [6.07, 6.45) is -1.28. The lowest BCUT2D eigenvalue weighted by Gasteiger charge is -2.34. The third-order valence-electron chi connectivity index (χ3n) is 7.06. The molecule has 2 aliphatic rings. The minimum Gasteiger partial charge on any atom is -0.390 e. The molecule has 194 valence electrons. The number of nitrogens with one attached hydrogen (secondary N) is 2. The second-order valence-electron chi connectivity index (χ2n) is 9.52. The molecule has 2 amide bonds. The lowest BCUT2D eigenvalue weighted by Crippen LogP contribution is -2.47. The number of hydrogen-bond donors (Lipinski definition) is 3. The van der Waals surface area contributed by atoms with Crippen molar-refractivity contribution in [1.29, 1.82) is 0 Å². The highest BCUT2D eigenvalue weighted by Gasteiger charge is 2.37. The monoisotopic (exact) mass is 523 g/mol. The molecule has 10 heteroatoms. The molecule has 2 aromatic carbocycles. The zero-order chi connectivity index (χ0) is 25.9. The highest BCUT2D eigenvalue weighted by molar-refractivity contribution is 6.30. The van der Waals surface area contributed by atoms with Gasteiger partial charge in [0, 0.05) is 29.7 Å². The van der Waals surface area contributed by atoms with Crippen molar-refractivity contribution in [2.75, 3.05) is 19.6 Å². The van der Waals surface area contributed by atoms with Crippen LogP contribution in [0.3, 0.4) is 0 Å². The Hall–Kier alpha value is -2.62. The maximum Gasteiger partial charge on any atom is 0.416 e. The van der Waals surface area contributed by atoms with Crippen molar-refractivity contribution in [2.24, 2.45) is 0 Å². The largest absolute Gasteiger partial charge is 0.416 e. The summed E-state index contributed by atoms with van der Waals surface area (Å²) in [5, 5.41) is 16.3. The number of rotatable bonds is 6. The maximum atomic E-state index is 12.9. The van der Waals surface area contributed by atoms with E-state index in [1.165, 1.54) is 11.6 Å². The van der Waals surface area contributed by atoms with E-state index in [-0.39, 0.29) is 5.56 Å². The molecular formula is C26H29ClF3N3O3. The van der Waals surface area contributed by atoms with Crippen LogP contribution < -0.4 is 10.6 Å². The number of carbonyl (C=O) groups is 2. The molecule has 1 heterocycles. The Kier molecular flexibility index (Phi) is 8.22. The summed E-state index contributed by atoms with van der Waals surface area (Å²) in [7, 11) is 0. The summed E-state index contributed by atoms with van der Waals surface area (Å²) in [5.41, 5.74) is 0.133. The SMILES string of the molecule is O=C(CNC(=O)c1cccc(C(F)(F)F)c1)N[C@H]1CN(C2CCC(c3cccc(Cl)c3)CC2)C[C@H]1O. The van der Waals surface area contributed by atoms with E-state index in [1.807, 2.05) is 18.2 Å². The number of β-amino-alcohol motifs (C(OH)–C–C–N with tert-alkyl or cyclic N) is 1. The van der Waals surface area contributed by atoms with Crippen LogP contribution in [0, 0.1) is 0 Å². The van der Waals surface area contributed by atoms with E-state index in [1.54, 1.807) is 0 Å². The van der Waals surface area contributed by atoms with E-state index in [0.717, 1.165) is 48.9 Å². The first-order chi connectivity index (χ1) is 17.1. The molecule has 0 radical (unpaired) electrons. The first kappa shape index (κ1) is 26.4. The zero-order valence-electron chi connectivity index (χ0n) is 19.6. The summed E-state index contributed by atoms with van der Waals surface area (Å²) >= 11 is 6.13. The van der Waals surface area contributed by atoms with Crippen molar-refractivity contribution in [2.45, 2.75) is 56.0 Å². The fourth-order valence-electron chi connectivity index (χ4n) is 5.15. The third-order valence-corrected chi connectivity index (χ3v) is 7.29. The topological polar surface area (TPSA) is 81.7 Å². The van der Waals surface area contributed by atoms with Gasteiger partial charge in [-0.05, 0) is 67.5 Å². The number of aliphatic hydroxyl groups excluding tert-OH is 1. The fraction of sp³-hybridized carbons (Fsp3) is 0.462. The second kappa shape index (κ2) is 11.2. The number of hydrogen-bond acceptors (Lipinski definition) is 4. The van der Waals surface area contributed by atoms with Gasteiger partial charge in [-0.1, -0.05) is 29.8 Å². The van der Waals surface area contributed by atoms with Gasteiger partial charge in [0.25, 0.3) is 5.91 Å². The van der Waals surface area contributed by atoms with Crippen LogP contribution in [0.25, 0.3) is 0 Å². The molecule has 6 nitrogen and oxygen atoms in total. The van der Waals surface area contributed by atoms with Crippen LogP contribution >= 0.6 is 11.6 Å². The molecule has 2 atom stereocenters. The lowest BCUT2D eigenvalue weighted by atomic mass is 9.81. The van der Waals surface area contributed by atoms with Gasteiger partial charge in [0.15, 0.2) is 0 Å². The Balaban J connectivity index is 1.23. The Morgan fingerprint density at radius 2 is 1.75 bits per heavy atom. The van der Waals surface area contributed by atoms with Gasteiger partial charge < -0.3 is 15.7 Å². The van der Waals surface area contributed by atoms with Crippen LogP contribution in [0.2, 0.25) is 5.02 Å². The van der Waals surface area contributed by atoms with Crippen molar-refractivity contribution in [3.8, 4) is 0 Å². The van der Waals surface area contributed by atoms with E-state index in [0.29, 0.717) is 25.0 Å². The van der Waals surface area contributed by atoms with Crippen LogP contribution in [0.1, 0.15) is 53.1 Å². The smallest absolute Gasteiger partial charge is 0.390 e. The van der Waals surface area contributed by atoms with Crippen molar-refractivity contribution < 1.29 is 27.9 Å². The number of carbonyl (C=O) groups excluding carboxylic acids is 2. The Morgan fingerprint density at radius 1 is 1.03 bits per heavy atom. The Bertz CT molecular complexity index is 1090. The van der Waals surface area contributed by atoms with Crippen molar-refractivity contribution in [3.63, 3.8) is 0 Å². The molecule has 1 aliphatic heterocycles. The number of halogens is 4. The number of alkyl halides is 3. The molecule has 1 saturated heterocycles. The number of amides is 2. The van der Waals surface area contributed by atoms with Crippen molar-refractivity contribution >= 4 is 23.4 Å². The molecule has 0 unspecified atom stereocenters. The summed E-state index contributed by atoms with van der Waals surface area (Å²) < 4.78 is 38.6. The van der Waals surface area contributed by atoms with Gasteiger partial charge in [0.1, 0.15) is 0 Å². The van der Waals surface area contributed by atoms with E-state index < -0.39 is 42.2 Å². The summed E-state index contributed by atoms with van der Waals surface area (Å²) in [4.78, 5) is 26.8. The van der Waals surface area contributed by atoms with Crippen LogP contribution in [-0.2, 0) is 11.0 Å². The van der Waals surface area contributed by atoms with Crippen LogP contribution in [0.15, 0.2) is 48.5 Å². The normalized spacial score (nSPS) is 24.9. The predicted octanol–water partition coefficient (Wildman–Crippen LogP) is 3.98. The van der Waals surface area contributed by atoms with Crippen molar-refractivity contribution in [3.05, 3.63) is 70.2 Å². The maximum absolute atomic E-state index is 12.9. The predicted molar refractivity (Wildman–Crippen MR) is 130 cm³/mol. The molecule has 3 N–H and O–H groups in total. The molecule has 4 rings (SSSR count). The van der Waals surface area contributed by atoms with E-state index in [4.69, 9.17) is 11.6 Å². The summed E-state index contributed by atoms with van der Waals surface area (Å²) in [6, 6.07) is 11.8. The van der Waals surface area contributed by atoms with Crippen LogP contribution in [0.4, 0.5) is 13.2 Å². The van der Waals surface area contributed by atoms with Gasteiger partial charge in [-0.2, -0.15) is 13.2 Å². The zero-order valence-corrected chi connectivity index (χ0v) is 20.4. The average molecular weight is 524 g/mol. The van der Waals surface area contributed by atoms with E-state index >= 15 is 0 Å². The number of benzene rings is 2. The average Bonchev–Trinajstić information content (AvgIpc) is 3.22. The summed E-state index contributed by atoms with van der Waals surface area (Å²) in [5.74, 6) is -0.824. The Labute approximate surface area is 212 Å². The minimum atomic E-state index is -4.56. The molecule has 2 fully saturated rings. The van der Waals surface area contributed by atoms with E-state index in [9.17, 15) is 27.9 Å². The highest BCUT2D eigenvalue weighted by Crippen LogP contribution is 2.36. The highest BCUT2D eigenvalue weighted by atomic mass is 35.5. The fourth-order valence-corrected chi connectivity index (χ4v) is 5.35. The molecule has 1 saturated carbocycles. The van der Waals surface area contributed by atoms with Gasteiger partial charge >= 0.3 is 6.18 Å². The minimum absolute atomic E-state index is 0.182. The van der Waals surface area contributed by atoms with Gasteiger partial charge in [-0.3, -0.25) is 14.5 Å². The van der Waals surface area contributed by atoms with Crippen molar-refractivity contribution in [1.82, 2.24) is 15.5 Å². The molecule has 1 aliphatic carbocycles. The quantitative estimate of drug-likeness (QED) is 0.535. The molecule has 0 spiro atoms. The van der Waals surface area contributed by atoms with Gasteiger partial charge in [-0.25, -0.2) is 0 Å². The van der Waals surface area contributed by atoms with Gasteiger partial charge in [-0.15, -0.1) is 0 Å². The standard InChI is InChI=1S/C26H29ClF3N3O3/c27-20-6-2-3-17(12-20)16-7-9-21(10-8-16)33-14-22(23(34)15-33)32-24(35)13-31-25(36)18-4-1-5-19(11-18)26(28,29)30/h1-6,11-12,16,21-23,34H,7-10,13-15H2,(H,31,36)(H,32,35)/t16?,21?,22-,23+/m0/s1. The Morgan fingerprint density at radius 3 is 2.44 bits per heavy atom. The van der Waals surface area contributed by atoms with Crippen LogP contribution in [-0.4, -0.2) is 59.6 Å². The van der Waals surface area contributed by atoms with Gasteiger partial charge in [0.05, 0.1) is 24.3 Å². The first-order valence-electron chi connectivity index (χ1n) is 12.0. The third kappa shape index (κ3) is 6.57. The summed E-state index contributed by atoms with van der Waals surface area (Å²) in [6.45, 7) is 0.554. The molecular weight excluding hydrogens is 495 g/mol. The molecule has 36 heavy (non-hydrogen) atoms. The molecule has 2 aromatic rings. The van der Waals surface area contributed by atoms with Gasteiger partial charge in [0.2, 0.25) is 5.91 Å². The lowest BCUT2D eigenvalue weighted by molar-refractivity contribution is -0.137.